The summed E-state index contributed by atoms with van der Waals surface area (Å²) in [6, 6.07) is 9.97. The second kappa shape index (κ2) is 10.3. The van der Waals surface area contributed by atoms with E-state index in [0.29, 0.717) is 44.6 Å². The van der Waals surface area contributed by atoms with E-state index >= 15 is 0 Å². The van der Waals surface area contributed by atoms with Crippen LogP contribution >= 0.6 is 0 Å². The number of nitrogens with zero attached hydrogens (tertiary/aromatic N) is 3. The molecule has 1 aliphatic heterocycles. The molecule has 0 spiro atoms. The Kier molecular flexibility index (Phi) is 7.23. The predicted molar refractivity (Wildman–Crippen MR) is 123 cm³/mol. The number of ether oxygens (including phenoxy) is 1. The zero-order chi connectivity index (χ0) is 25.0. The molecule has 1 amide bonds. The van der Waals surface area contributed by atoms with Crippen molar-refractivity contribution in [2.24, 2.45) is 0 Å². The van der Waals surface area contributed by atoms with E-state index in [-0.39, 0.29) is 17.4 Å². The Morgan fingerprint density at radius 2 is 1.86 bits per heavy atom. The molecule has 0 aliphatic carbocycles. The molecule has 3 aromatic rings. The molecule has 0 saturated carbocycles. The number of imidazole rings is 1. The van der Waals surface area contributed by atoms with E-state index in [2.05, 4.69) is 9.55 Å². The van der Waals surface area contributed by atoms with Crippen molar-refractivity contribution in [1.82, 2.24) is 14.5 Å². The molecular formula is C26H25F4N3O2. The highest BCUT2D eigenvalue weighted by atomic mass is 19.4. The first-order valence-corrected chi connectivity index (χ1v) is 11.2. The van der Waals surface area contributed by atoms with Crippen LogP contribution in [-0.4, -0.2) is 40.6 Å². The summed E-state index contributed by atoms with van der Waals surface area (Å²) < 4.78 is 59.9. The van der Waals surface area contributed by atoms with Crippen molar-refractivity contribution in [1.29, 1.82) is 0 Å². The van der Waals surface area contributed by atoms with Gasteiger partial charge in [-0.2, -0.15) is 13.2 Å². The normalized spacial score (nSPS) is 15.1. The van der Waals surface area contributed by atoms with Gasteiger partial charge < -0.3 is 14.2 Å². The highest BCUT2D eigenvalue weighted by Gasteiger charge is 2.31. The van der Waals surface area contributed by atoms with E-state index in [1.54, 1.807) is 18.2 Å². The van der Waals surface area contributed by atoms with Gasteiger partial charge in [-0.1, -0.05) is 12.1 Å². The van der Waals surface area contributed by atoms with Crippen molar-refractivity contribution in [3.8, 4) is 5.75 Å². The number of hydrogen-bond donors (Lipinski definition) is 0. The fourth-order valence-electron chi connectivity index (χ4n) is 4.21. The summed E-state index contributed by atoms with van der Waals surface area (Å²) in [6.07, 6.45) is 2.76. The van der Waals surface area contributed by atoms with Crippen LogP contribution in [0.4, 0.5) is 17.6 Å². The topological polar surface area (TPSA) is 47.4 Å². The number of likely N-dealkylation sites (tertiary alicyclic amines) is 1. The Bertz CT molecular complexity index is 1190. The number of methoxy groups -OCH3 is 1. The fraction of sp³-hybridized carbons (Fsp3) is 0.308. The number of hydrogen-bond acceptors (Lipinski definition) is 3. The van der Waals surface area contributed by atoms with Crippen LogP contribution in [0.1, 0.15) is 41.3 Å². The van der Waals surface area contributed by atoms with Crippen LogP contribution in [0, 0.1) is 5.82 Å². The lowest BCUT2D eigenvalue weighted by molar-refractivity contribution is -0.137. The largest absolute Gasteiger partial charge is 0.497 e. The number of benzene rings is 2. The molecule has 9 heteroatoms. The number of rotatable bonds is 6. The van der Waals surface area contributed by atoms with E-state index < -0.39 is 17.6 Å². The Hall–Kier alpha value is -3.62. The highest BCUT2D eigenvalue weighted by molar-refractivity contribution is 5.91. The SMILES string of the molecule is COc1ccc(Cn2ccnc2C2CCN(C(=O)C=Cc3cc(C(F)(F)F)ccc3F)CC2)cc1. The molecule has 0 bridgehead atoms. The van der Waals surface area contributed by atoms with Crippen molar-refractivity contribution < 1.29 is 27.1 Å². The quantitative estimate of drug-likeness (QED) is 0.340. The van der Waals surface area contributed by atoms with E-state index in [1.807, 2.05) is 30.5 Å². The second-order valence-corrected chi connectivity index (χ2v) is 8.43. The molecule has 35 heavy (non-hydrogen) atoms. The van der Waals surface area contributed by atoms with Gasteiger partial charge in [-0.15, -0.1) is 0 Å². The predicted octanol–water partition coefficient (Wildman–Crippen LogP) is 5.52. The monoisotopic (exact) mass is 487 g/mol. The van der Waals surface area contributed by atoms with Crippen LogP contribution in [-0.2, 0) is 17.5 Å². The zero-order valence-electron chi connectivity index (χ0n) is 19.1. The van der Waals surface area contributed by atoms with Crippen LogP contribution in [0.25, 0.3) is 6.08 Å². The van der Waals surface area contributed by atoms with Crippen LogP contribution in [0.15, 0.2) is 60.9 Å². The first-order chi connectivity index (χ1) is 16.7. The number of carbonyl (C=O) groups is 1. The summed E-state index contributed by atoms with van der Waals surface area (Å²) in [7, 11) is 1.62. The summed E-state index contributed by atoms with van der Waals surface area (Å²) >= 11 is 0. The molecule has 2 aromatic carbocycles. The fourth-order valence-corrected chi connectivity index (χ4v) is 4.21. The lowest BCUT2D eigenvalue weighted by atomic mass is 9.95. The highest BCUT2D eigenvalue weighted by Crippen LogP contribution is 2.31. The average Bonchev–Trinajstić information content (AvgIpc) is 3.31. The molecule has 2 heterocycles. The molecular weight excluding hydrogens is 462 g/mol. The van der Waals surface area contributed by atoms with Gasteiger partial charge in [0.15, 0.2) is 0 Å². The molecule has 0 radical (unpaired) electrons. The number of alkyl halides is 3. The lowest BCUT2D eigenvalue weighted by Crippen LogP contribution is -2.37. The van der Waals surface area contributed by atoms with Crippen molar-refractivity contribution in [2.75, 3.05) is 20.2 Å². The van der Waals surface area contributed by atoms with Gasteiger partial charge in [0.05, 0.1) is 12.7 Å². The maximum Gasteiger partial charge on any atom is 0.416 e. The Morgan fingerprint density at radius 1 is 1.14 bits per heavy atom. The average molecular weight is 487 g/mol. The molecule has 0 atom stereocenters. The van der Waals surface area contributed by atoms with Crippen molar-refractivity contribution in [3.05, 3.63) is 89.3 Å². The van der Waals surface area contributed by atoms with Gasteiger partial charge in [0.2, 0.25) is 5.91 Å². The van der Waals surface area contributed by atoms with E-state index in [9.17, 15) is 22.4 Å². The molecule has 1 aromatic heterocycles. The Balaban J connectivity index is 1.36. The molecule has 5 nitrogen and oxygen atoms in total. The van der Waals surface area contributed by atoms with Gasteiger partial charge in [-0.25, -0.2) is 9.37 Å². The molecule has 1 aliphatic rings. The van der Waals surface area contributed by atoms with Crippen molar-refractivity contribution in [2.45, 2.75) is 31.5 Å². The van der Waals surface area contributed by atoms with Gasteiger partial charge >= 0.3 is 6.18 Å². The molecule has 184 valence electrons. The number of amides is 1. The maximum atomic E-state index is 13.9. The number of carbonyl (C=O) groups excluding carboxylic acids is 1. The van der Waals surface area contributed by atoms with Gasteiger partial charge in [0.25, 0.3) is 0 Å². The van der Waals surface area contributed by atoms with Crippen LogP contribution in [0.5, 0.6) is 5.75 Å². The van der Waals surface area contributed by atoms with Gasteiger partial charge in [0.1, 0.15) is 17.4 Å². The smallest absolute Gasteiger partial charge is 0.416 e. The van der Waals surface area contributed by atoms with Crippen LogP contribution in [0.3, 0.4) is 0 Å². The first-order valence-electron chi connectivity index (χ1n) is 11.2. The summed E-state index contributed by atoms with van der Waals surface area (Å²) in [5.41, 5.74) is -0.120. The van der Waals surface area contributed by atoms with Gasteiger partial charge in [-0.05, 0) is 54.8 Å². The molecule has 4 rings (SSSR count). The third kappa shape index (κ3) is 5.90. The van der Waals surface area contributed by atoms with Gasteiger partial charge in [0, 0.05) is 49.6 Å². The van der Waals surface area contributed by atoms with E-state index in [0.717, 1.165) is 35.4 Å². The minimum Gasteiger partial charge on any atom is -0.497 e. The molecule has 0 N–H and O–H groups in total. The number of piperidine rings is 1. The Labute approximate surface area is 200 Å². The molecule has 1 fully saturated rings. The second-order valence-electron chi connectivity index (χ2n) is 8.43. The third-order valence-electron chi connectivity index (χ3n) is 6.16. The number of aromatic nitrogens is 2. The standard InChI is InChI=1S/C26H25F4N3O2/c1-35-22-6-2-18(3-7-22)17-33-15-12-31-25(33)19-10-13-32(14-11-19)24(34)9-4-20-16-21(26(28,29)30)5-8-23(20)27/h2-9,12,15-16,19H,10-11,13-14,17H2,1H3. The van der Waals surface area contributed by atoms with Crippen molar-refractivity contribution >= 4 is 12.0 Å². The van der Waals surface area contributed by atoms with Crippen LogP contribution < -0.4 is 4.74 Å². The van der Waals surface area contributed by atoms with E-state index in [4.69, 9.17) is 4.74 Å². The molecule has 1 saturated heterocycles. The zero-order valence-corrected chi connectivity index (χ0v) is 19.1. The third-order valence-corrected chi connectivity index (χ3v) is 6.16. The van der Waals surface area contributed by atoms with E-state index in [1.165, 1.54) is 0 Å². The summed E-state index contributed by atoms with van der Waals surface area (Å²) in [5, 5.41) is 0. The summed E-state index contributed by atoms with van der Waals surface area (Å²) in [6.45, 7) is 1.63. The first kappa shape index (κ1) is 24.5. The number of halogens is 4. The maximum absolute atomic E-state index is 13.9. The summed E-state index contributed by atoms with van der Waals surface area (Å²) in [4.78, 5) is 18.7. The van der Waals surface area contributed by atoms with Crippen LogP contribution in [0.2, 0.25) is 0 Å². The minimum absolute atomic E-state index is 0.178. The van der Waals surface area contributed by atoms with Gasteiger partial charge in [-0.3, -0.25) is 4.79 Å². The Morgan fingerprint density at radius 3 is 2.51 bits per heavy atom. The molecule has 0 unspecified atom stereocenters. The summed E-state index contributed by atoms with van der Waals surface area (Å²) in [5.74, 6) is 0.750. The minimum atomic E-state index is -4.58. The van der Waals surface area contributed by atoms with Crippen molar-refractivity contribution in [3.63, 3.8) is 0 Å². The lowest BCUT2D eigenvalue weighted by Gasteiger charge is -2.31.